The summed E-state index contributed by atoms with van der Waals surface area (Å²) in [5.74, 6) is 0. The van der Waals surface area contributed by atoms with Crippen LogP contribution in [0.2, 0.25) is 0 Å². The van der Waals surface area contributed by atoms with Crippen molar-refractivity contribution in [3.05, 3.63) is 36.5 Å². The summed E-state index contributed by atoms with van der Waals surface area (Å²) < 4.78 is 0. The molecule has 0 amide bonds. The monoisotopic (exact) mass is 164 g/mol. The highest BCUT2D eigenvalue weighted by Gasteiger charge is 2.12. The van der Waals surface area contributed by atoms with E-state index >= 15 is 0 Å². The quantitative estimate of drug-likeness (QED) is 0.433. The third-order valence-electron chi connectivity index (χ3n) is 2.06. The van der Waals surface area contributed by atoms with Crippen LogP contribution in [0.5, 0.6) is 0 Å². The number of hydrogen-bond donors (Lipinski definition) is 0. The van der Waals surface area contributed by atoms with Crippen LogP contribution >= 0.6 is 0 Å². The summed E-state index contributed by atoms with van der Waals surface area (Å²) in [6.45, 7) is 12.3. The van der Waals surface area contributed by atoms with Gasteiger partial charge in [0.15, 0.2) is 0 Å². The zero-order chi connectivity index (χ0) is 9.61. The first-order valence-electron chi connectivity index (χ1n) is 4.52. The van der Waals surface area contributed by atoms with E-state index in [1.807, 2.05) is 6.92 Å². The normalized spacial score (nSPS) is 17.0. The molecule has 0 heterocycles. The highest BCUT2D eigenvalue weighted by molar-refractivity contribution is 5.18. The van der Waals surface area contributed by atoms with E-state index < -0.39 is 0 Å². The molecule has 0 saturated heterocycles. The fourth-order valence-corrected chi connectivity index (χ4v) is 1.00. The molecule has 0 nitrogen and oxygen atoms in total. The molecule has 0 rings (SSSR count). The molecule has 0 aromatic rings. The van der Waals surface area contributed by atoms with Crippen molar-refractivity contribution in [2.45, 2.75) is 34.1 Å². The van der Waals surface area contributed by atoms with Crippen molar-refractivity contribution >= 4 is 0 Å². The van der Waals surface area contributed by atoms with E-state index in [1.165, 1.54) is 0 Å². The predicted octanol–water partition coefficient (Wildman–Crippen LogP) is 4.11. The predicted molar refractivity (Wildman–Crippen MR) is 57.2 cm³/mol. The number of hydrogen-bond acceptors (Lipinski definition) is 0. The van der Waals surface area contributed by atoms with E-state index in [4.69, 9.17) is 0 Å². The lowest BCUT2D eigenvalue weighted by Crippen LogP contribution is -2.06. The molecule has 0 fully saturated rings. The summed E-state index contributed by atoms with van der Waals surface area (Å²) in [7, 11) is 0. The Morgan fingerprint density at radius 1 is 1.42 bits per heavy atom. The van der Waals surface area contributed by atoms with Crippen LogP contribution in [-0.4, -0.2) is 0 Å². The van der Waals surface area contributed by atoms with Gasteiger partial charge in [-0.3, -0.25) is 0 Å². The van der Waals surface area contributed by atoms with Gasteiger partial charge in [-0.05, 0) is 20.3 Å². The van der Waals surface area contributed by atoms with E-state index in [9.17, 15) is 0 Å². The first-order valence-corrected chi connectivity index (χ1v) is 4.52. The summed E-state index contributed by atoms with van der Waals surface area (Å²) >= 11 is 0. The molecule has 1 atom stereocenters. The maximum atomic E-state index is 3.84. The van der Waals surface area contributed by atoms with Gasteiger partial charge in [-0.1, -0.05) is 50.3 Å². The molecule has 0 N–H and O–H groups in total. The van der Waals surface area contributed by atoms with Crippen LogP contribution < -0.4 is 0 Å². The van der Waals surface area contributed by atoms with Crippen LogP contribution in [-0.2, 0) is 0 Å². The molecule has 68 valence electrons. The molecule has 0 aliphatic rings. The molecule has 0 spiro atoms. The van der Waals surface area contributed by atoms with Crippen molar-refractivity contribution in [1.29, 1.82) is 0 Å². The Morgan fingerprint density at radius 3 is 2.33 bits per heavy atom. The Labute approximate surface area is 76.7 Å². The van der Waals surface area contributed by atoms with Gasteiger partial charge in [0.25, 0.3) is 0 Å². The van der Waals surface area contributed by atoms with Crippen molar-refractivity contribution in [3.8, 4) is 0 Å². The first kappa shape index (κ1) is 11.2. The SMILES string of the molecule is C=C(C)/C=C\C(C)(/C=C\C)CC. The lowest BCUT2D eigenvalue weighted by molar-refractivity contribution is 0.529. The van der Waals surface area contributed by atoms with Crippen LogP contribution in [0, 0.1) is 5.41 Å². The number of rotatable bonds is 4. The Balaban J connectivity index is 4.43. The maximum absolute atomic E-state index is 3.84. The molecular weight excluding hydrogens is 144 g/mol. The van der Waals surface area contributed by atoms with Crippen molar-refractivity contribution in [2.24, 2.45) is 5.41 Å². The molecule has 0 bridgehead atoms. The highest BCUT2D eigenvalue weighted by atomic mass is 14.2. The molecule has 0 aromatic carbocycles. The standard InChI is InChI=1S/C12H20/c1-6-9-12(5,7-2)10-8-11(3)4/h6,8-10H,3,7H2,1-2,4-5H3/b9-6-,10-8-. The molecule has 0 saturated carbocycles. The lowest BCUT2D eigenvalue weighted by atomic mass is 9.86. The van der Waals surface area contributed by atoms with E-state index in [-0.39, 0.29) is 5.41 Å². The summed E-state index contributed by atoms with van der Waals surface area (Å²) in [6, 6.07) is 0. The Morgan fingerprint density at radius 2 is 2.00 bits per heavy atom. The second-order valence-corrected chi connectivity index (χ2v) is 3.54. The fraction of sp³-hybridized carbons (Fsp3) is 0.500. The Bertz CT molecular complexity index is 196. The summed E-state index contributed by atoms with van der Waals surface area (Å²) in [6.07, 6.45) is 9.76. The molecule has 1 unspecified atom stereocenters. The first-order chi connectivity index (χ1) is 5.54. The molecule has 0 heteroatoms. The van der Waals surface area contributed by atoms with Crippen LogP contribution in [0.25, 0.3) is 0 Å². The second kappa shape index (κ2) is 4.97. The minimum atomic E-state index is 0.202. The van der Waals surface area contributed by atoms with Gasteiger partial charge < -0.3 is 0 Å². The zero-order valence-electron chi connectivity index (χ0n) is 8.72. The molecule has 0 radical (unpaired) electrons. The average Bonchev–Trinajstić information content (AvgIpc) is 2.02. The van der Waals surface area contributed by atoms with E-state index in [0.717, 1.165) is 12.0 Å². The van der Waals surface area contributed by atoms with Crippen molar-refractivity contribution in [3.63, 3.8) is 0 Å². The Kier molecular flexibility index (Phi) is 4.65. The smallest absolute Gasteiger partial charge is 0.00331 e. The topological polar surface area (TPSA) is 0 Å². The Hall–Kier alpha value is -0.780. The summed E-state index contributed by atoms with van der Waals surface area (Å²) in [5, 5.41) is 0. The van der Waals surface area contributed by atoms with Gasteiger partial charge in [-0.25, -0.2) is 0 Å². The summed E-state index contributed by atoms with van der Waals surface area (Å²) in [4.78, 5) is 0. The molecular formula is C12H20. The van der Waals surface area contributed by atoms with E-state index in [0.29, 0.717) is 0 Å². The summed E-state index contributed by atoms with van der Waals surface area (Å²) in [5.41, 5.74) is 1.31. The van der Waals surface area contributed by atoms with Gasteiger partial charge >= 0.3 is 0 Å². The van der Waals surface area contributed by atoms with Crippen molar-refractivity contribution < 1.29 is 0 Å². The average molecular weight is 164 g/mol. The van der Waals surface area contributed by atoms with Gasteiger partial charge in [0.2, 0.25) is 0 Å². The molecule has 12 heavy (non-hydrogen) atoms. The zero-order valence-corrected chi connectivity index (χ0v) is 8.72. The number of allylic oxidation sites excluding steroid dienone is 5. The molecule has 0 aliphatic heterocycles. The third kappa shape index (κ3) is 4.17. The van der Waals surface area contributed by atoms with Gasteiger partial charge in [0, 0.05) is 5.41 Å². The highest BCUT2D eigenvalue weighted by Crippen LogP contribution is 2.25. The van der Waals surface area contributed by atoms with Crippen molar-refractivity contribution in [2.75, 3.05) is 0 Å². The molecule has 0 aromatic heterocycles. The minimum Gasteiger partial charge on any atom is -0.0961 e. The van der Waals surface area contributed by atoms with Crippen LogP contribution in [0.1, 0.15) is 34.1 Å². The molecule has 0 aliphatic carbocycles. The second-order valence-electron chi connectivity index (χ2n) is 3.54. The van der Waals surface area contributed by atoms with Gasteiger partial charge in [-0.15, -0.1) is 0 Å². The van der Waals surface area contributed by atoms with E-state index in [2.05, 4.69) is 51.7 Å². The van der Waals surface area contributed by atoms with Crippen molar-refractivity contribution in [1.82, 2.24) is 0 Å². The van der Waals surface area contributed by atoms with Crippen LogP contribution in [0.4, 0.5) is 0 Å². The van der Waals surface area contributed by atoms with Gasteiger partial charge in [0.1, 0.15) is 0 Å². The largest absolute Gasteiger partial charge is 0.0961 e. The fourth-order valence-electron chi connectivity index (χ4n) is 1.00. The minimum absolute atomic E-state index is 0.202. The third-order valence-corrected chi connectivity index (χ3v) is 2.06. The maximum Gasteiger partial charge on any atom is 0.00331 e. The van der Waals surface area contributed by atoms with Gasteiger partial charge in [-0.2, -0.15) is 0 Å². The van der Waals surface area contributed by atoms with E-state index in [1.54, 1.807) is 0 Å². The van der Waals surface area contributed by atoms with Gasteiger partial charge in [0.05, 0.1) is 0 Å². The van der Waals surface area contributed by atoms with Crippen LogP contribution in [0.15, 0.2) is 36.5 Å². The lowest BCUT2D eigenvalue weighted by Gasteiger charge is -2.19. The van der Waals surface area contributed by atoms with Crippen LogP contribution in [0.3, 0.4) is 0 Å².